The van der Waals surface area contributed by atoms with Crippen molar-refractivity contribution in [3.63, 3.8) is 0 Å². The highest BCUT2D eigenvalue weighted by molar-refractivity contribution is 6.00. The summed E-state index contributed by atoms with van der Waals surface area (Å²) in [5.41, 5.74) is 6.91. The van der Waals surface area contributed by atoms with Crippen LogP contribution < -0.4 is 10.5 Å². The van der Waals surface area contributed by atoms with Crippen molar-refractivity contribution in [1.82, 2.24) is 4.90 Å². The third-order valence-corrected chi connectivity index (χ3v) is 5.77. The molecule has 2 aliphatic heterocycles. The normalized spacial score (nSPS) is 23.1. The maximum Gasteiger partial charge on any atom is 0.415 e. The molecule has 8 nitrogen and oxygen atoms in total. The standard InChI is InChI=1S/C23H25N3O5/c1-23(2)11-16(27)20-18(12-23)30-21(25)15(13-24)19(20)14-5-3-4-6-17(14)31-22(28)26-7-9-29-10-8-26/h3-6,19H,7-12,25H2,1-2H3/t19-/m1/s1. The van der Waals surface area contributed by atoms with Gasteiger partial charge < -0.3 is 24.8 Å². The van der Waals surface area contributed by atoms with Crippen LogP contribution in [0.2, 0.25) is 0 Å². The fourth-order valence-electron chi connectivity index (χ4n) is 4.31. The van der Waals surface area contributed by atoms with Gasteiger partial charge in [0.15, 0.2) is 5.78 Å². The fourth-order valence-corrected chi connectivity index (χ4v) is 4.31. The fraction of sp³-hybridized carbons (Fsp3) is 0.435. The molecular formula is C23H25N3O5. The lowest BCUT2D eigenvalue weighted by molar-refractivity contribution is -0.119. The molecule has 1 aromatic rings. The zero-order valence-corrected chi connectivity index (χ0v) is 17.6. The highest BCUT2D eigenvalue weighted by atomic mass is 16.6. The number of morpholine rings is 1. The highest BCUT2D eigenvalue weighted by Gasteiger charge is 2.44. The van der Waals surface area contributed by atoms with E-state index < -0.39 is 12.0 Å². The molecule has 1 fully saturated rings. The second-order valence-electron chi connectivity index (χ2n) is 8.71. The summed E-state index contributed by atoms with van der Waals surface area (Å²) in [6.07, 6.45) is 0.364. The first-order chi connectivity index (χ1) is 14.8. The molecule has 1 amide bonds. The van der Waals surface area contributed by atoms with Gasteiger partial charge in [0.1, 0.15) is 23.2 Å². The number of para-hydroxylation sites is 1. The highest BCUT2D eigenvalue weighted by Crippen LogP contribution is 2.49. The molecule has 8 heteroatoms. The summed E-state index contributed by atoms with van der Waals surface area (Å²) in [6.45, 7) is 5.77. The van der Waals surface area contributed by atoms with Crippen LogP contribution in [0, 0.1) is 16.7 Å². The van der Waals surface area contributed by atoms with Gasteiger partial charge in [-0.25, -0.2) is 4.79 Å². The van der Waals surface area contributed by atoms with Crippen molar-refractivity contribution < 1.29 is 23.8 Å². The molecule has 0 spiro atoms. The Hall–Kier alpha value is -3.31. The molecule has 0 radical (unpaired) electrons. The van der Waals surface area contributed by atoms with Crippen LogP contribution in [0.15, 0.2) is 47.1 Å². The Balaban J connectivity index is 1.75. The third kappa shape index (κ3) is 4.01. The number of Topliss-reactive ketones (excluding diaryl/α,β-unsaturated/α-hetero) is 1. The SMILES string of the molecule is CC1(C)CC(=O)C2=C(C1)OC(N)=C(C#N)[C@H]2c1ccccc1OC(=O)N1CCOCC1. The van der Waals surface area contributed by atoms with Gasteiger partial charge in [0.2, 0.25) is 5.88 Å². The van der Waals surface area contributed by atoms with Gasteiger partial charge in [-0.3, -0.25) is 4.79 Å². The van der Waals surface area contributed by atoms with Crippen molar-refractivity contribution in [2.45, 2.75) is 32.6 Å². The van der Waals surface area contributed by atoms with E-state index in [1.165, 1.54) is 0 Å². The van der Waals surface area contributed by atoms with Crippen LogP contribution in [-0.2, 0) is 14.3 Å². The molecule has 2 N–H and O–H groups in total. The first kappa shape index (κ1) is 20.9. The van der Waals surface area contributed by atoms with Crippen LogP contribution in [0.5, 0.6) is 5.75 Å². The molecular weight excluding hydrogens is 398 g/mol. The molecule has 0 bridgehead atoms. The summed E-state index contributed by atoms with van der Waals surface area (Å²) in [6, 6.07) is 9.02. The number of nitriles is 1. The van der Waals surface area contributed by atoms with Gasteiger partial charge in [-0.2, -0.15) is 5.26 Å². The number of carbonyl (C=O) groups is 2. The van der Waals surface area contributed by atoms with Crippen molar-refractivity contribution in [2.75, 3.05) is 26.3 Å². The minimum Gasteiger partial charge on any atom is -0.444 e. The van der Waals surface area contributed by atoms with E-state index in [1.54, 1.807) is 29.2 Å². The van der Waals surface area contributed by atoms with E-state index >= 15 is 0 Å². The zero-order valence-electron chi connectivity index (χ0n) is 17.6. The number of hydrogen-bond donors (Lipinski definition) is 1. The Morgan fingerprint density at radius 1 is 1.26 bits per heavy atom. The summed E-state index contributed by atoms with van der Waals surface area (Å²) in [5.74, 6) is -0.0871. The average molecular weight is 423 g/mol. The minimum absolute atomic E-state index is 0.0222. The third-order valence-electron chi connectivity index (χ3n) is 5.77. The van der Waals surface area contributed by atoms with Crippen molar-refractivity contribution in [3.8, 4) is 11.8 Å². The number of ketones is 1. The predicted octanol–water partition coefficient (Wildman–Crippen LogP) is 2.97. The predicted molar refractivity (Wildman–Crippen MR) is 111 cm³/mol. The summed E-state index contributed by atoms with van der Waals surface area (Å²) in [5, 5.41) is 9.82. The largest absolute Gasteiger partial charge is 0.444 e. The van der Waals surface area contributed by atoms with E-state index in [0.717, 1.165) is 0 Å². The first-order valence-electron chi connectivity index (χ1n) is 10.3. The van der Waals surface area contributed by atoms with E-state index in [9.17, 15) is 14.9 Å². The molecule has 1 aliphatic carbocycles. The Bertz CT molecular complexity index is 1030. The summed E-state index contributed by atoms with van der Waals surface area (Å²) in [7, 11) is 0. The number of ether oxygens (including phenoxy) is 3. The molecule has 162 valence electrons. The van der Waals surface area contributed by atoms with Crippen molar-refractivity contribution in [1.29, 1.82) is 5.26 Å². The number of nitrogens with two attached hydrogens (primary N) is 1. The maximum absolute atomic E-state index is 13.1. The van der Waals surface area contributed by atoms with Crippen LogP contribution in [0.3, 0.4) is 0 Å². The Labute approximate surface area is 180 Å². The Morgan fingerprint density at radius 2 is 1.97 bits per heavy atom. The number of rotatable bonds is 2. The van der Waals surface area contributed by atoms with Crippen LogP contribution in [0.1, 0.15) is 38.2 Å². The molecule has 2 heterocycles. The van der Waals surface area contributed by atoms with Crippen LogP contribution in [-0.4, -0.2) is 43.1 Å². The number of nitrogens with zero attached hydrogens (tertiary/aromatic N) is 2. The smallest absolute Gasteiger partial charge is 0.415 e. The molecule has 4 rings (SSSR count). The lowest BCUT2D eigenvalue weighted by Crippen LogP contribution is -2.42. The maximum atomic E-state index is 13.1. The topological polar surface area (TPSA) is 115 Å². The van der Waals surface area contributed by atoms with Gasteiger partial charge in [0, 0.05) is 37.1 Å². The van der Waals surface area contributed by atoms with Gasteiger partial charge in [-0.05, 0) is 11.5 Å². The first-order valence-corrected chi connectivity index (χ1v) is 10.3. The molecule has 1 atom stereocenters. The second-order valence-corrected chi connectivity index (χ2v) is 8.71. The van der Waals surface area contributed by atoms with E-state index in [2.05, 4.69) is 6.07 Å². The van der Waals surface area contributed by atoms with E-state index in [1.807, 2.05) is 13.8 Å². The molecule has 0 unspecified atom stereocenters. The van der Waals surface area contributed by atoms with Gasteiger partial charge in [-0.1, -0.05) is 32.0 Å². The van der Waals surface area contributed by atoms with Gasteiger partial charge >= 0.3 is 6.09 Å². The lowest BCUT2D eigenvalue weighted by Gasteiger charge is -2.37. The lowest BCUT2D eigenvalue weighted by atomic mass is 9.70. The van der Waals surface area contributed by atoms with Crippen molar-refractivity contribution in [2.24, 2.45) is 11.1 Å². The van der Waals surface area contributed by atoms with Crippen LogP contribution in [0.25, 0.3) is 0 Å². The van der Waals surface area contributed by atoms with Crippen molar-refractivity contribution >= 4 is 11.9 Å². The summed E-state index contributed by atoms with van der Waals surface area (Å²) in [4.78, 5) is 27.4. The molecule has 3 aliphatic rings. The number of allylic oxidation sites excluding steroid dienone is 3. The Kier molecular flexibility index (Phi) is 5.46. The molecule has 0 saturated carbocycles. The molecule has 1 saturated heterocycles. The van der Waals surface area contributed by atoms with Gasteiger partial charge in [0.25, 0.3) is 0 Å². The van der Waals surface area contributed by atoms with Crippen molar-refractivity contribution in [3.05, 3.63) is 52.6 Å². The quantitative estimate of drug-likeness (QED) is 0.777. The van der Waals surface area contributed by atoms with Crippen LogP contribution in [0.4, 0.5) is 4.79 Å². The van der Waals surface area contributed by atoms with E-state index in [-0.39, 0.29) is 28.4 Å². The second kappa shape index (κ2) is 8.08. The van der Waals surface area contributed by atoms with Gasteiger partial charge in [-0.15, -0.1) is 0 Å². The Morgan fingerprint density at radius 3 is 2.68 bits per heavy atom. The van der Waals surface area contributed by atoms with E-state index in [4.69, 9.17) is 19.9 Å². The number of benzene rings is 1. The molecule has 31 heavy (non-hydrogen) atoms. The van der Waals surface area contributed by atoms with Gasteiger partial charge in [0.05, 0.1) is 19.1 Å². The molecule has 1 aromatic carbocycles. The number of amides is 1. The van der Waals surface area contributed by atoms with Crippen LogP contribution >= 0.6 is 0 Å². The molecule has 0 aromatic heterocycles. The summed E-state index contributed by atoms with van der Waals surface area (Å²) < 4.78 is 16.7. The monoisotopic (exact) mass is 423 g/mol. The van der Waals surface area contributed by atoms with E-state index in [0.29, 0.717) is 56.0 Å². The number of carbonyl (C=O) groups excluding carboxylic acids is 2. The summed E-state index contributed by atoms with van der Waals surface area (Å²) >= 11 is 0. The average Bonchev–Trinajstić information content (AvgIpc) is 2.73. The minimum atomic E-state index is -0.744. The zero-order chi connectivity index (χ0) is 22.2. The number of hydrogen-bond acceptors (Lipinski definition) is 7.